The van der Waals surface area contributed by atoms with E-state index in [2.05, 4.69) is 22.4 Å². The van der Waals surface area contributed by atoms with Crippen LogP contribution in [0.3, 0.4) is 0 Å². The lowest BCUT2D eigenvalue weighted by Crippen LogP contribution is -2.52. The standard InChI is InChI=1S/C13H27N3O/c1-15-6-8-16(9-7-15)14-11-13(17)10-12-4-2-3-5-12/h12-14,17H,2-11H2,1H3. The molecule has 0 aromatic heterocycles. The Morgan fingerprint density at radius 2 is 1.82 bits per heavy atom. The Morgan fingerprint density at radius 3 is 2.47 bits per heavy atom. The number of hydrazine groups is 1. The highest BCUT2D eigenvalue weighted by molar-refractivity contribution is 4.73. The Balaban J connectivity index is 1.57. The molecule has 1 atom stereocenters. The second-order valence-electron chi connectivity index (χ2n) is 5.69. The summed E-state index contributed by atoms with van der Waals surface area (Å²) in [6, 6.07) is 0. The normalized spacial score (nSPS) is 26.5. The molecular formula is C13H27N3O. The van der Waals surface area contributed by atoms with E-state index in [-0.39, 0.29) is 6.10 Å². The van der Waals surface area contributed by atoms with Crippen LogP contribution >= 0.6 is 0 Å². The smallest absolute Gasteiger partial charge is 0.0681 e. The van der Waals surface area contributed by atoms with E-state index in [1.165, 1.54) is 25.7 Å². The van der Waals surface area contributed by atoms with Crippen LogP contribution < -0.4 is 5.43 Å². The van der Waals surface area contributed by atoms with Gasteiger partial charge in [0.05, 0.1) is 6.10 Å². The molecule has 1 saturated carbocycles. The fourth-order valence-electron chi connectivity index (χ4n) is 2.91. The minimum atomic E-state index is -0.169. The van der Waals surface area contributed by atoms with Gasteiger partial charge in [-0.1, -0.05) is 25.7 Å². The van der Waals surface area contributed by atoms with Gasteiger partial charge in [0.25, 0.3) is 0 Å². The molecule has 1 unspecified atom stereocenters. The van der Waals surface area contributed by atoms with Crippen LogP contribution in [0.2, 0.25) is 0 Å². The van der Waals surface area contributed by atoms with Gasteiger partial charge < -0.3 is 10.0 Å². The van der Waals surface area contributed by atoms with Crippen molar-refractivity contribution in [3.8, 4) is 0 Å². The number of aliphatic hydroxyl groups excluding tert-OH is 1. The van der Waals surface area contributed by atoms with E-state index in [0.29, 0.717) is 0 Å². The highest BCUT2D eigenvalue weighted by Gasteiger charge is 2.20. The van der Waals surface area contributed by atoms with Crippen molar-refractivity contribution in [2.24, 2.45) is 5.92 Å². The quantitative estimate of drug-likeness (QED) is 0.742. The summed E-state index contributed by atoms with van der Waals surface area (Å²) in [4.78, 5) is 2.34. The van der Waals surface area contributed by atoms with Crippen LogP contribution in [0.15, 0.2) is 0 Å². The van der Waals surface area contributed by atoms with Crippen LogP contribution in [0.5, 0.6) is 0 Å². The summed E-state index contributed by atoms with van der Waals surface area (Å²) in [5.74, 6) is 0.777. The van der Waals surface area contributed by atoms with Gasteiger partial charge in [-0.15, -0.1) is 0 Å². The first-order valence-electron chi connectivity index (χ1n) is 7.09. The first-order valence-corrected chi connectivity index (χ1v) is 7.09. The van der Waals surface area contributed by atoms with Gasteiger partial charge in [0.1, 0.15) is 0 Å². The third-order valence-corrected chi connectivity index (χ3v) is 4.13. The molecule has 0 amide bonds. The molecule has 4 nitrogen and oxygen atoms in total. The summed E-state index contributed by atoms with van der Waals surface area (Å²) < 4.78 is 0. The second kappa shape index (κ2) is 6.69. The molecule has 0 aromatic rings. The van der Waals surface area contributed by atoms with Crippen molar-refractivity contribution in [1.82, 2.24) is 15.3 Å². The highest BCUT2D eigenvalue weighted by atomic mass is 16.3. The van der Waals surface area contributed by atoms with Crippen molar-refractivity contribution < 1.29 is 5.11 Å². The summed E-state index contributed by atoms with van der Waals surface area (Å²) in [5.41, 5.74) is 3.37. The van der Waals surface area contributed by atoms with Gasteiger partial charge in [-0.3, -0.25) is 5.43 Å². The third kappa shape index (κ3) is 4.54. The van der Waals surface area contributed by atoms with Gasteiger partial charge in [0, 0.05) is 32.7 Å². The van der Waals surface area contributed by atoms with Crippen molar-refractivity contribution in [3.05, 3.63) is 0 Å². The molecule has 1 aliphatic carbocycles. The number of nitrogens with one attached hydrogen (secondary N) is 1. The topological polar surface area (TPSA) is 38.7 Å². The molecule has 0 spiro atoms. The molecule has 1 heterocycles. The predicted octanol–water partition coefficient (Wildman–Crippen LogP) is 0.680. The second-order valence-corrected chi connectivity index (χ2v) is 5.69. The van der Waals surface area contributed by atoms with E-state index in [0.717, 1.165) is 45.1 Å². The zero-order chi connectivity index (χ0) is 12.1. The maximum atomic E-state index is 9.99. The largest absolute Gasteiger partial charge is 0.392 e. The van der Waals surface area contributed by atoms with Crippen molar-refractivity contribution in [2.45, 2.75) is 38.2 Å². The SMILES string of the molecule is CN1CCN(NCC(O)CC2CCCC2)CC1. The van der Waals surface area contributed by atoms with Crippen LogP contribution in [-0.2, 0) is 0 Å². The van der Waals surface area contributed by atoms with Gasteiger partial charge in [-0.2, -0.15) is 0 Å². The molecule has 100 valence electrons. The lowest BCUT2D eigenvalue weighted by atomic mass is 10.0. The first-order chi connectivity index (χ1) is 8.24. The zero-order valence-electron chi connectivity index (χ0n) is 11.1. The molecule has 1 aliphatic heterocycles. The molecule has 4 heteroatoms. The zero-order valence-corrected chi connectivity index (χ0v) is 11.1. The minimum Gasteiger partial charge on any atom is -0.392 e. The first kappa shape index (κ1) is 13.3. The average molecular weight is 241 g/mol. The third-order valence-electron chi connectivity index (χ3n) is 4.13. The van der Waals surface area contributed by atoms with Crippen molar-refractivity contribution in [2.75, 3.05) is 39.8 Å². The monoisotopic (exact) mass is 241 g/mol. The van der Waals surface area contributed by atoms with E-state index in [1.807, 2.05) is 0 Å². The summed E-state index contributed by atoms with van der Waals surface area (Å²) in [7, 11) is 2.16. The summed E-state index contributed by atoms with van der Waals surface area (Å²) in [5, 5.41) is 12.2. The Bertz CT molecular complexity index is 211. The van der Waals surface area contributed by atoms with Gasteiger partial charge in [0.15, 0.2) is 0 Å². The van der Waals surface area contributed by atoms with E-state index in [4.69, 9.17) is 0 Å². The Hall–Kier alpha value is -0.160. The van der Waals surface area contributed by atoms with Crippen LogP contribution in [0, 0.1) is 5.92 Å². The fraction of sp³-hybridized carbons (Fsp3) is 1.00. The number of hydrogen-bond donors (Lipinski definition) is 2. The highest BCUT2D eigenvalue weighted by Crippen LogP contribution is 2.28. The molecular weight excluding hydrogens is 214 g/mol. The number of likely N-dealkylation sites (N-methyl/N-ethyl adjacent to an activating group) is 1. The summed E-state index contributed by atoms with van der Waals surface area (Å²) in [6.45, 7) is 5.08. The maximum absolute atomic E-state index is 9.99. The Morgan fingerprint density at radius 1 is 1.18 bits per heavy atom. The number of nitrogens with zero attached hydrogens (tertiary/aromatic N) is 2. The van der Waals surface area contributed by atoms with E-state index < -0.39 is 0 Å². The van der Waals surface area contributed by atoms with Crippen molar-refractivity contribution in [1.29, 1.82) is 0 Å². The Labute approximate surface area is 105 Å². The van der Waals surface area contributed by atoms with Crippen LogP contribution in [0.1, 0.15) is 32.1 Å². The van der Waals surface area contributed by atoms with E-state index in [1.54, 1.807) is 0 Å². The van der Waals surface area contributed by atoms with Gasteiger partial charge in [-0.05, 0) is 19.4 Å². The molecule has 2 fully saturated rings. The van der Waals surface area contributed by atoms with E-state index in [9.17, 15) is 5.11 Å². The van der Waals surface area contributed by atoms with Crippen LogP contribution in [0.4, 0.5) is 0 Å². The average Bonchev–Trinajstić information content (AvgIpc) is 2.81. The van der Waals surface area contributed by atoms with E-state index >= 15 is 0 Å². The summed E-state index contributed by atoms with van der Waals surface area (Å²) >= 11 is 0. The van der Waals surface area contributed by atoms with Crippen LogP contribution in [0.25, 0.3) is 0 Å². The number of rotatable bonds is 5. The minimum absolute atomic E-state index is 0.169. The molecule has 2 rings (SSSR count). The maximum Gasteiger partial charge on any atom is 0.0681 e. The van der Waals surface area contributed by atoms with Gasteiger partial charge in [0.2, 0.25) is 0 Å². The fourth-order valence-corrected chi connectivity index (χ4v) is 2.91. The molecule has 2 N–H and O–H groups in total. The van der Waals surface area contributed by atoms with Crippen molar-refractivity contribution in [3.63, 3.8) is 0 Å². The number of hydrogen-bond acceptors (Lipinski definition) is 4. The Kier molecular flexibility index (Phi) is 5.22. The molecule has 2 aliphatic rings. The van der Waals surface area contributed by atoms with Crippen LogP contribution in [-0.4, -0.2) is 60.9 Å². The molecule has 0 aromatic carbocycles. The van der Waals surface area contributed by atoms with Gasteiger partial charge in [-0.25, -0.2) is 5.01 Å². The molecule has 17 heavy (non-hydrogen) atoms. The molecule has 1 saturated heterocycles. The predicted molar refractivity (Wildman–Crippen MR) is 69.7 cm³/mol. The van der Waals surface area contributed by atoms with Gasteiger partial charge >= 0.3 is 0 Å². The number of piperazine rings is 1. The van der Waals surface area contributed by atoms with Crippen molar-refractivity contribution >= 4 is 0 Å². The number of aliphatic hydroxyl groups is 1. The summed E-state index contributed by atoms with van der Waals surface area (Å²) in [6.07, 6.45) is 6.20. The lowest BCUT2D eigenvalue weighted by Gasteiger charge is -2.33. The molecule has 0 bridgehead atoms. The lowest BCUT2D eigenvalue weighted by molar-refractivity contribution is 0.0662. The molecule has 0 radical (unpaired) electrons.